The van der Waals surface area contributed by atoms with Gasteiger partial charge in [-0.3, -0.25) is 4.79 Å². The minimum absolute atomic E-state index is 0.144. The smallest absolute Gasteiger partial charge is 0.349 e. The zero-order valence-electron chi connectivity index (χ0n) is 15.3. The molecule has 0 radical (unpaired) electrons. The van der Waals surface area contributed by atoms with Crippen molar-refractivity contribution >= 4 is 39.2 Å². The molecule has 4 rings (SSSR count). The first kappa shape index (κ1) is 18.6. The lowest BCUT2D eigenvalue weighted by Gasteiger charge is -2.08. The monoisotopic (exact) mass is 405 g/mol. The second-order valence-corrected chi connectivity index (χ2v) is 7.03. The topological polar surface area (TPSA) is 85.6 Å². The molecule has 0 aliphatic heterocycles. The van der Waals surface area contributed by atoms with E-state index in [9.17, 15) is 14.4 Å². The Kier molecular flexibility index (Phi) is 4.97. The van der Waals surface area contributed by atoms with Crippen molar-refractivity contribution in [1.82, 2.24) is 0 Å². The van der Waals surface area contributed by atoms with Crippen LogP contribution in [0, 0.1) is 0 Å². The van der Waals surface area contributed by atoms with Crippen LogP contribution in [0.2, 0.25) is 0 Å². The molecule has 0 fully saturated rings. The molecule has 0 saturated heterocycles. The number of esters is 1. The lowest BCUT2D eigenvalue weighted by molar-refractivity contribution is 0.0603. The zero-order valence-corrected chi connectivity index (χ0v) is 16.1. The minimum atomic E-state index is -0.749. The van der Waals surface area contributed by atoms with E-state index >= 15 is 0 Å². The lowest BCUT2D eigenvalue weighted by atomic mass is 10.0. The lowest BCUT2D eigenvalue weighted by Crippen LogP contribution is -2.21. The Bertz CT molecular complexity index is 1270. The summed E-state index contributed by atoms with van der Waals surface area (Å²) < 4.78 is 10.1. The molecule has 1 amide bonds. The van der Waals surface area contributed by atoms with E-state index in [0.717, 1.165) is 5.56 Å². The number of rotatable bonds is 4. The highest BCUT2D eigenvalue weighted by Crippen LogP contribution is 2.36. The molecule has 2 aromatic heterocycles. The SMILES string of the molecule is COC(=O)c1c(-c2ccccc2)csc1NC(=O)c1cc2ccccc2oc1=O. The maximum Gasteiger partial charge on any atom is 0.349 e. The molecular formula is C22H15NO5S. The summed E-state index contributed by atoms with van der Waals surface area (Å²) in [6, 6.07) is 17.7. The number of fused-ring (bicyclic) bond motifs is 1. The summed E-state index contributed by atoms with van der Waals surface area (Å²) in [5, 5.41) is 5.35. The van der Waals surface area contributed by atoms with E-state index in [4.69, 9.17) is 9.15 Å². The molecule has 0 saturated carbocycles. The van der Waals surface area contributed by atoms with Crippen molar-refractivity contribution in [2.45, 2.75) is 0 Å². The average Bonchev–Trinajstić information content (AvgIpc) is 3.16. The maximum atomic E-state index is 12.8. The van der Waals surface area contributed by atoms with Crippen LogP contribution in [0.25, 0.3) is 22.1 Å². The molecule has 0 aliphatic rings. The summed E-state index contributed by atoms with van der Waals surface area (Å²) in [7, 11) is 1.28. The highest BCUT2D eigenvalue weighted by molar-refractivity contribution is 7.15. The zero-order chi connectivity index (χ0) is 20.4. The number of anilines is 1. The number of hydrogen-bond acceptors (Lipinski definition) is 6. The molecule has 0 spiro atoms. The van der Waals surface area contributed by atoms with Crippen LogP contribution in [0.15, 0.2) is 75.3 Å². The molecule has 4 aromatic rings. The van der Waals surface area contributed by atoms with E-state index in [0.29, 0.717) is 21.5 Å². The summed E-state index contributed by atoms with van der Waals surface area (Å²) in [6.07, 6.45) is 0. The number of carbonyl (C=O) groups is 2. The van der Waals surface area contributed by atoms with Crippen LogP contribution >= 0.6 is 11.3 Å². The molecule has 1 N–H and O–H groups in total. The van der Waals surface area contributed by atoms with E-state index in [-0.39, 0.29) is 11.1 Å². The van der Waals surface area contributed by atoms with Crippen LogP contribution in [0.3, 0.4) is 0 Å². The van der Waals surface area contributed by atoms with Crippen molar-refractivity contribution < 1.29 is 18.7 Å². The summed E-state index contributed by atoms with van der Waals surface area (Å²) in [6.45, 7) is 0. The van der Waals surface area contributed by atoms with Crippen LogP contribution in [0.1, 0.15) is 20.7 Å². The van der Waals surface area contributed by atoms with Crippen molar-refractivity contribution in [3.63, 3.8) is 0 Å². The predicted molar refractivity (Wildman–Crippen MR) is 112 cm³/mol. The molecule has 144 valence electrons. The third-order valence-electron chi connectivity index (χ3n) is 4.38. The molecule has 6 nitrogen and oxygen atoms in total. The van der Waals surface area contributed by atoms with Gasteiger partial charge in [0.25, 0.3) is 5.91 Å². The van der Waals surface area contributed by atoms with Crippen LogP contribution in [0.5, 0.6) is 0 Å². The van der Waals surface area contributed by atoms with Gasteiger partial charge in [-0.1, -0.05) is 48.5 Å². The molecule has 0 atom stereocenters. The highest BCUT2D eigenvalue weighted by atomic mass is 32.1. The summed E-state index contributed by atoms with van der Waals surface area (Å²) in [4.78, 5) is 37.4. The molecule has 7 heteroatoms. The molecule has 0 aliphatic carbocycles. The first-order valence-electron chi connectivity index (χ1n) is 8.68. The number of benzene rings is 2. The van der Waals surface area contributed by atoms with Gasteiger partial charge in [-0.05, 0) is 17.7 Å². The fraction of sp³-hybridized carbons (Fsp3) is 0.0455. The van der Waals surface area contributed by atoms with E-state index in [1.807, 2.05) is 30.3 Å². The van der Waals surface area contributed by atoms with Crippen molar-refractivity contribution in [3.8, 4) is 11.1 Å². The first-order valence-corrected chi connectivity index (χ1v) is 9.56. The van der Waals surface area contributed by atoms with Crippen LogP contribution in [-0.4, -0.2) is 19.0 Å². The number of para-hydroxylation sites is 1. The Morgan fingerprint density at radius 1 is 1.03 bits per heavy atom. The molecule has 0 unspecified atom stereocenters. The summed E-state index contributed by atoms with van der Waals surface area (Å²) in [5.41, 5.74) is 1.20. The number of hydrogen-bond donors (Lipinski definition) is 1. The van der Waals surface area contributed by atoms with Crippen molar-refractivity contribution in [2.75, 3.05) is 12.4 Å². The van der Waals surface area contributed by atoms with Crippen molar-refractivity contribution in [1.29, 1.82) is 0 Å². The second kappa shape index (κ2) is 7.73. The molecule has 0 bridgehead atoms. The van der Waals surface area contributed by atoms with Crippen molar-refractivity contribution in [2.24, 2.45) is 0 Å². The Morgan fingerprint density at radius 3 is 2.52 bits per heavy atom. The Hall–Kier alpha value is -3.71. The van der Waals surface area contributed by atoms with Gasteiger partial charge in [-0.2, -0.15) is 0 Å². The second-order valence-electron chi connectivity index (χ2n) is 6.15. The normalized spacial score (nSPS) is 10.7. The standard InChI is InChI=1S/C22H15NO5S/c1-27-22(26)18-16(13-7-3-2-4-8-13)12-29-20(18)23-19(24)15-11-14-9-5-6-10-17(14)28-21(15)25/h2-12H,1H3,(H,23,24). The fourth-order valence-electron chi connectivity index (χ4n) is 2.98. The van der Waals surface area contributed by atoms with Crippen molar-refractivity contribution in [3.05, 3.63) is 87.6 Å². The highest BCUT2D eigenvalue weighted by Gasteiger charge is 2.23. The molecule has 2 heterocycles. The first-order chi connectivity index (χ1) is 14.1. The molecule has 29 heavy (non-hydrogen) atoms. The summed E-state index contributed by atoms with van der Waals surface area (Å²) in [5.74, 6) is -1.23. The van der Waals surface area contributed by atoms with Gasteiger partial charge >= 0.3 is 11.6 Å². The molecule has 2 aromatic carbocycles. The Balaban J connectivity index is 1.74. The largest absolute Gasteiger partial charge is 0.465 e. The summed E-state index contributed by atoms with van der Waals surface area (Å²) >= 11 is 1.18. The number of thiophene rings is 1. The van der Waals surface area contributed by atoms with Crippen LogP contribution < -0.4 is 10.9 Å². The van der Waals surface area contributed by atoms with E-state index < -0.39 is 17.5 Å². The van der Waals surface area contributed by atoms with Crippen LogP contribution in [-0.2, 0) is 4.74 Å². The van der Waals surface area contributed by atoms with Gasteiger partial charge in [0.1, 0.15) is 21.7 Å². The quantitative estimate of drug-likeness (QED) is 0.397. The number of ether oxygens (including phenoxy) is 1. The fourth-order valence-corrected chi connectivity index (χ4v) is 3.93. The number of methoxy groups -OCH3 is 1. The van der Waals surface area contributed by atoms with E-state index in [1.165, 1.54) is 24.5 Å². The van der Waals surface area contributed by atoms with Gasteiger partial charge in [0.05, 0.1) is 7.11 Å². The number of amides is 1. The van der Waals surface area contributed by atoms with Gasteiger partial charge in [-0.25, -0.2) is 9.59 Å². The number of carbonyl (C=O) groups excluding carboxylic acids is 2. The average molecular weight is 405 g/mol. The number of nitrogens with one attached hydrogen (secondary N) is 1. The van der Waals surface area contributed by atoms with Gasteiger partial charge in [0, 0.05) is 16.3 Å². The predicted octanol–water partition coefficient (Wildman–Crippen LogP) is 4.56. The van der Waals surface area contributed by atoms with E-state index in [1.54, 1.807) is 29.6 Å². The maximum absolute atomic E-state index is 12.8. The third kappa shape index (κ3) is 3.55. The van der Waals surface area contributed by atoms with Gasteiger partial charge in [-0.15, -0.1) is 11.3 Å². The molecular weight excluding hydrogens is 390 g/mol. The minimum Gasteiger partial charge on any atom is -0.465 e. The van der Waals surface area contributed by atoms with Gasteiger partial charge in [0.2, 0.25) is 0 Å². The Labute approximate surface area is 169 Å². The van der Waals surface area contributed by atoms with E-state index in [2.05, 4.69) is 5.32 Å². The third-order valence-corrected chi connectivity index (χ3v) is 5.27. The van der Waals surface area contributed by atoms with Crippen LogP contribution in [0.4, 0.5) is 5.00 Å². The van der Waals surface area contributed by atoms with Gasteiger partial charge in [0.15, 0.2) is 0 Å². The Morgan fingerprint density at radius 2 is 1.76 bits per heavy atom. The van der Waals surface area contributed by atoms with Gasteiger partial charge < -0.3 is 14.5 Å².